The van der Waals surface area contributed by atoms with Crippen LogP contribution in [0.25, 0.3) is 0 Å². The monoisotopic (exact) mass is 549 g/mol. The number of hydrogen-bond acceptors (Lipinski definition) is 7. The Morgan fingerprint density at radius 2 is 1.33 bits per heavy atom. The molecule has 0 saturated heterocycles. The van der Waals surface area contributed by atoms with E-state index in [0.717, 1.165) is 17.7 Å². The number of carbonyl (C=O) groups is 1. The molecule has 0 aliphatic rings. The van der Waals surface area contributed by atoms with Gasteiger partial charge in [-0.05, 0) is 53.1 Å². The lowest BCUT2D eigenvalue weighted by Gasteiger charge is -2.30. The number of phenolic OH excluding ortho intramolecular Hbond substituents is 3. The molecule has 4 rings (SSSR count). The fourth-order valence-electron chi connectivity index (χ4n) is 4.06. The first kappa shape index (κ1) is 27.8. The molecule has 0 fully saturated rings. The molecule has 4 aromatic rings. The third-order valence-electron chi connectivity index (χ3n) is 6.09. The molecule has 0 saturated carbocycles. The molecule has 0 aromatic heterocycles. The summed E-state index contributed by atoms with van der Waals surface area (Å²) >= 11 is 6.07. The highest BCUT2D eigenvalue weighted by molar-refractivity contribution is 6.30. The molecule has 0 aliphatic heterocycles. The maximum Gasteiger partial charge on any atom is 0.251 e. The summed E-state index contributed by atoms with van der Waals surface area (Å²) in [6, 6.07) is 25.8. The van der Waals surface area contributed by atoms with Crippen LogP contribution in [0.2, 0.25) is 5.02 Å². The number of ether oxygens (including phenoxy) is 2. The van der Waals surface area contributed by atoms with E-state index in [0.29, 0.717) is 21.9 Å². The van der Waals surface area contributed by atoms with Gasteiger partial charge in [0.1, 0.15) is 18.0 Å². The first-order chi connectivity index (χ1) is 18.8. The second-order valence-corrected chi connectivity index (χ2v) is 9.12. The maximum absolute atomic E-state index is 12.1. The van der Waals surface area contributed by atoms with E-state index in [2.05, 4.69) is 5.32 Å². The zero-order valence-electron chi connectivity index (χ0n) is 20.9. The van der Waals surface area contributed by atoms with Gasteiger partial charge in [-0.2, -0.15) is 0 Å². The van der Waals surface area contributed by atoms with Gasteiger partial charge in [0.2, 0.25) is 0 Å². The van der Waals surface area contributed by atoms with Gasteiger partial charge in [-0.3, -0.25) is 4.79 Å². The van der Waals surface area contributed by atoms with Crippen LogP contribution in [-0.2, 0) is 10.3 Å². The highest BCUT2D eigenvalue weighted by Crippen LogP contribution is 2.38. The number of halogens is 1. The summed E-state index contributed by atoms with van der Waals surface area (Å²) in [6.45, 7) is 0.957. The molecule has 1 unspecified atom stereocenters. The molecule has 5 N–H and O–H groups in total. The Balaban J connectivity index is 1.27. The molecule has 1 atom stereocenters. The van der Waals surface area contributed by atoms with Crippen LogP contribution in [0.5, 0.6) is 23.0 Å². The topological polar surface area (TPSA) is 128 Å². The molecular weight excluding hydrogens is 522 g/mol. The number of phenols is 3. The molecule has 0 heterocycles. The zero-order valence-corrected chi connectivity index (χ0v) is 21.6. The van der Waals surface area contributed by atoms with Gasteiger partial charge in [-0.15, -0.1) is 0 Å². The normalized spacial score (nSPS) is 12.5. The molecule has 0 radical (unpaired) electrons. The number of amides is 1. The lowest BCUT2D eigenvalue weighted by Crippen LogP contribution is -2.28. The van der Waals surface area contributed by atoms with Crippen molar-refractivity contribution in [2.75, 3.05) is 26.4 Å². The van der Waals surface area contributed by atoms with E-state index in [1.807, 2.05) is 42.5 Å². The number of aliphatic hydroxyl groups is 1. The molecule has 202 valence electrons. The van der Waals surface area contributed by atoms with Gasteiger partial charge in [-0.1, -0.05) is 66.2 Å². The van der Waals surface area contributed by atoms with Crippen molar-refractivity contribution in [3.63, 3.8) is 0 Å². The van der Waals surface area contributed by atoms with E-state index in [-0.39, 0.29) is 31.9 Å². The van der Waals surface area contributed by atoms with Crippen LogP contribution in [0.3, 0.4) is 0 Å². The van der Waals surface area contributed by atoms with Crippen LogP contribution in [-0.4, -0.2) is 52.7 Å². The lowest BCUT2D eigenvalue weighted by molar-refractivity contribution is 0.0866. The molecular formula is C30H28ClNO7. The molecule has 0 bridgehead atoms. The second-order valence-electron chi connectivity index (χ2n) is 8.69. The Hall–Kier alpha value is -4.24. The summed E-state index contributed by atoms with van der Waals surface area (Å²) in [5.74, 6) is -1.78. The number of nitrogens with one attached hydrogen (secondary N) is 1. The Labute approximate surface area is 230 Å². The minimum absolute atomic E-state index is 0.00445. The molecule has 4 aromatic carbocycles. The van der Waals surface area contributed by atoms with Crippen molar-refractivity contribution in [3.05, 3.63) is 118 Å². The number of aromatic hydroxyl groups is 3. The van der Waals surface area contributed by atoms with Crippen LogP contribution in [0, 0.1) is 0 Å². The van der Waals surface area contributed by atoms with Gasteiger partial charge in [0.25, 0.3) is 5.91 Å². The summed E-state index contributed by atoms with van der Waals surface area (Å²) in [4.78, 5) is 12.1. The molecule has 1 amide bonds. The summed E-state index contributed by atoms with van der Waals surface area (Å²) in [7, 11) is 0. The Kier molecular flexibility index (Phi) is 8.93. The van der Waals surface area contributed by atoms with E-state index in [9.17, 15) is 25.2 Å². The summed E-state index contributed by atoms with van der Waals surface area (Å²) in [6.07, 6.45) is 0. The van der Waals surface area contributed by atoms with Gasteiger partial charge in [0, 0.05) is 17.1 Å². The van der Waals surface area contributed by atoms with Crippen LogP contribution in [0.4, 0.5) is 0 Å². The van der Waals surface area contributed by atoms with E-state index in [1.54, 1.807) is 36.4 Å². The number of hydrogen-bond donors (Lipinski definition) is 5. The molecule has 0 spiro atoms. The predicted octanol–water partition coefficient (Wildman–Crippen LogP) is 4.57. The quantitative estimate of drug-likeness (QED) is 0.105. The van der Waals surface area contributed by atoms with Gasteiger partial charge in [0.05, 0.1) is 13.2 Å². The van der Waals surface area contributed by atoms with E-state index < -0.39 is 28.8 Å². The van der Waals surface area contributed by atoms with Crippen LogP contribution in [0.1, 0.15) is 27.0 Å². The summed E-state index contributed by atoms with van der Waals surface area (Å²) in [5, 5.41) is 43.5. The van der Waals surface area contributed by atoms with Crippen LogP contribution >= 0.6 is 11.6 Å². The largest absolute Gasteiger partial charge is 0.504 e. The number of carbonyl (C=O) groups excluding carboxylic acids is 1. The standard InChI is InChI=1S/C30H28ClNO7/c31-24-10-6-22(7-11-24)30(37,21-4-2-1-3-5-21)23-8-12-25(13-9-23)39-17-16-38-15-14-32-29(36)20-18-26(33)28(35)27(34)19-20/h1-13,18-19,33-35,37H,14-17H2,(H,32,36). The number of benzene rings is 4. The summed E-state index contributed by atoms with van der Waals surface area (Å²) < 4.78 is 11.2. The van der Waals surface area contributed by atoms with Crippen molar-refractivity contribution in [1.29, 1.82) is 0 Å². The molecule has 39 heavy (non-hydrogen) atoms. The Morgan fingerprint density at radius 1 is 0.769 bits per heavy atom. The first-order valence-corrected chi connectivity index (χ1v) is 12.5. The van der Waals surface area contributed by atoms with Crippen molar-refractivity contribution in [2.45, 2.75) is 5.60 Å². The smallest absolute Gasteiger partial charge is 0.251 e. The first-order valence-electron chi connectivity index (χ1n) is 12.2. The van der Waals surface area contributed by atoms with Gasteiger partial charge >= 0.3 is 0 Å². The average molecular weight is 550 g/mol. The minimum atomic E-state index is -1.38. The van der Waals surface area contributed by atoms with Crippen LogP contribution in [0.15, 0.2) is 91.0 Å². The van der Waals surface area contributed by atoms with Crippen molar-refractivity contribution in [1.82, 2.24) is 5.32 Å². The Morgan fingerprint density at radius 3 is 1.95 bits per heavy atom. The van der Waals surface area contributed by atoms with E-state index in [1.165, 1.54) is 0 Å². The van der Waals surface area contributed by atoms with E-state index in [4.69, 9.17) is 21.1 Å². The van der Waals surface area contributed by atoms with Gasteiger partial charge in [0.15, 0.2) is 17.2 Å². The van der Waals surface area contributed by atoms with Crippen molar-refractivity contribution in [2.24, 2.45) is 0 Å². The molecule has 0 aliphatic carbocycles. The zero-order chi connectivity index (χ0) is 27.8. The predicted molar refractivity (Wildman–Crippen MR) is 147 cm³/mol. The van der Waals surface area contributed by atoms with E-state index >= 15 is 0 Å². The highest BCUT2D eigenvalue weighted by Gasteiger charge is 2.33. The molecule has 9 heteroatoms. The van der Waals surface area contributed by atoms with Crippen molar-refractivity contribution < 1.29 is 34.7 Å². The second kappa shape index (κ2) is 12.5. The van der Waals surface area contributed by atoms with Crippen molar-refractivity contribution >= 4 is 17.5 Å². The maximum atomic E-state index is 12.1. The third kappa shape index (κ3) is 6.61. The molecule has 8 nitrogen and oxygen atoms in total. The summed E-state index contributed by atoms with van der Waals surface area (Å²) in [5.41, 5.74) is 0.706. The fourth-order valence-corrected chi connectivity index (χ4v) is 4.18. The van der Waals surface area contributed by atoms with Gasteiger partial charge < -0.3 is 35.2 Å². The average Bonchev–Trinajstić information content (AvgIpc) is 2.95. The SMILES string of the molecule is O=C(NCCOCCOc1ccc(C(O)(c2ccccc2)c2ccc(Cl)cc2)cc1)c1cc(O)c(O)c(O)c1. The lowest BCUT2D eigenvalue weighted by atomic mass is 9.80. The van der Waals surface area contributed by atoms with Crippen LogP contribution < -0.4 is 10.1 Å². The third-order valence-corrected chi connectivity index (χ3v) is 6.34. The fraction of sp³-hybridized carbons (Fsp3) is 0.167. The minimum Gasteiger partial charge on any atom is -0.504 e. The highest BCUT2D eigenvalue weighted by atomic mass is 35.5. The Bertz CT molecular complexity index is 1370. The van der Waals surface area contributed by atoms with Gasteiger partial charge in [-0.25, -0.2) is 0 Å². The van der Waals surface area contributed by atoms with Crippen molar-refractivity contribution in [3.8, 4) is 23.0 Å². The number of rotatable bonds is 11.